The number of halogens is 1. The van der Waals surface area contributed by atoms with E-state index in [1.54, 1.807) is 19.1 Å². The predicted octanol–water partition coefficient (Wildman–Crippen LogP) is 5.60. The van der Waals surface area contributed by atoms with Crippen molar-refractivity contribution in [1.29, 1.82) is 0 Å². The van der Waals surface area contributed by atoms with Gasteiger partial charge in [0.05, 0.1) is 10.4 Å². The molecule has 1 unspecified atom stereocenters. The number of nitrogens with one attached hydrogen (secondary N) is 2. The topological polar surface area (TPSA) is 76.1 Å². The molecule has 0 aliphatic heterocycles. The van der Waals surface area contributed by atoms with Gasteiger partial charge in [0, 0.05) is 10.4 Å². The fourth-order valence-electron chi connectivity index (χ4n) is 3.39. The van der Waals surface area contributed by atoms with Crippen LogP contribution >= 0.6 is 35.2 Å². The Morgan fingerprint density at radius 1 is 1.22 bits per heavy atom. The number of aromatic nitrogens is 2. The van der Waals surface area contributed by atoms with Gasteiger partial charge in [0.15, 0.2) is 6.10 Å². The third kappa shape index (κ3) is 4.21. The smallest absolute Gasteiger partial charge is 0.282 e. The molecule has 0 bridgehead atoms. The number of hydrogen-bond acceptors (Lipinski definition) is 5. The molecule has 0 spiro atoms. The van der Waals surface area contributed by atoms with Gasteiger partial charge in [-0.2, -0.15) is 4.68 Å². The lowest BCUT2D eigenvalue weighted by Gasteiger charge is -2.17. The van der Waals surface area contributed by atoms with Crippen molar-refractivity contribution < 1.29 is 9.53 Å². The van der Waals surface area contributed by atoms with Gasteiger partial charge in [-0.3, -0.25) is 15.0 Å². The molecule has 0 fully saturated rings. The lowest BCUT2D eigenvalue weighted by molar-refractivity contribution is -0.123. The predicted molar refractivity (Wildman–Crippen MR) is 132 cm³/mol. The number of carbonyl (C=O) groups excluding carboxylic acids is 1. The number of thiophene rings is 1. The van der Waals surface area contributed by atoms with E-state index in [4.69, 9.17) is 28.6 Å². The lowest BCUT2D eigenvalue weighted by atomic mass is 10.0. The summed E-state index contributed by atoms with van der Waals surface area (Å²) in [5, 5.41) is 0.871. The second-order valence-corrected chi connectivity index (χ2v) is 9.36. The number of rotatable bonds is 5. The van der Waals surface area contributed by atoms with E-state index in [0.717, 1.165) is 26.2 Å². The molecule has 0 aliphatic rings. The van der Waals surface area contributed by atoms with Crippen molar-refractivity contribution in [3.63, 3.8) is 0 Å². The Kier molecular flexibility index (Phi) is 6.19. The molecular formula is C23H20ClN3O3S2. The molecule has 4 aromatic rings. The number of nitrogens with zero attached hydrogens (tertiary/aromatic N) is 1. The fraction of sp³-hybridized carbons (Fsp3) is 0.174. The number of carbonyl (C=O) groups is 1. The first-order valence-electron chi connectivity index (χ1n) is 9.83. The molecule has 0 saturated heterocycles. The number of H-pyrrole nitrogens is 1. The van der Waals surface area contributed by atoms with Crippen LogP contribution in [0.15, 0.2) is 53.3 Å². The van der Waals surface area contributed by atoms with Crippen LogP contribution in [0.4, 0.5) is 0 Å². The molecular weight excluding hydrogens is 466 g/mol. The number of fused-ring (bicyclic) bond motifs is 1. The van der Waals surface area contributed by atoms with Crippen molar-refractivity contribution in [3.05, 3.63) is 79.1 Å². The van der Waals surface area contributed by atoms with E-state index in [0.29, 0.717) is 21.0 Å². The first-order valence-corrected chi connectivity index (χ1v) is 11.4. The molecule has 2 aromatic carbocycles. The normalized spacial score (nSPS) is 12.0. The van der Waals surface area contributed by atoms with Crippen LogP contribution in [-0.4, -0.2) is 21.7 Å². The first-order chi connectivity index (χ1) is 15.3. The van der Waals surface area contributed by atoms with Crippen molar-refractivity contribution in [2.45, 2.75) is 26.9 Å². The standard InChI is InChI=1S/C23H20ClN3O3S2/c1-12-9-10-16(24)17(11-12)30-13(2)20(28)26-27-22(29)19-18(15-7-5-4-6-8-15)14(3)32-21(19)25-23(27)31/h4-11,13H,1-3H3,(H,25,31)(H,26,28). The summed E-state index contributed by atoms with van der Waals surface area (Å²) in [6.07, 6.45) is -0.913. The summed E-state index contributed by atoms with van der Waals surface area (Å²) in [6.45, 7) is 5.43. The summed E-state index contributed by atoms with van der Waals surface area (Å²) >= 11 is 13.0. The minimum Gasteiger partial charge on any atom is -0.479 e. The highest BCUT2D eigenvalue weighted by atomic mass is 35.5. The van der Waals surface area contributed by atoms with Gasteiger partial charge in [0.1, 0.15) is 10.6 Å². The molecule has 32 heavy (non-hydrogen) atoms. The molecule has 1 amide bonds. The Bertz CT molecular complexity index is 1440. The molecule has 164 valence electrons. The molecule has 4 rings (SSSR count). The van der Waals surface area contributed by atoms with Crippen LogP contribution in [-0.2, 0) is 4.79 Å². The van der Waals surface area contributed by atoms with E-state index in [1.165, 1.54) is 11.3 Å². The minimum atomic E-state index is -0.913. The lowest BCUT2D eigenvalue weighted by Crippen LogP contribution is -2.40. The SMILES string of the molecule is Cc1ccc(Cl)c(OC(C)C(=O)Nn2c(=S)[nH]c3sc(C)c(-c4ccccc4)c3c2=O)c1. The van der Waals surface area contributed by atoms with E-state index in [9.17, 15) is 9.59 Å². The van der Waals surface area contributed by atoms with Crippen LogP contribution in [0, 0.1) is 18.6 Å². The van der Waals surface area contributed by atoms with Gasteiger partial charge in [-0.1, -0.05) is 48.0 Å². The summed E-state index contributed by atoms with van der Waals surface area (Å²) in [4.78, 5) is 30.9. The summed E-state index contributed by atoms with van der Waals surface area (Å²) < 4.78 is 6.87. The molecule has 6 nitrogen and oxygen atoms in total. The maximum absolute atomic E-state index is 13.4. The maximum Gasteiger partial charge on any atom is 0.282 e. The van der Waals surface area contributed by atoms with Gasteiger partial charge >= 0.3 is 0 Å². The van der Waals surface area contributed by atoms with Gasteiger partial charge in [-0.25, -0.2) is 0 Å². The Morgan fingerprint density at radius 2 is 1.94 bits per heavy atom. The van der Waals surface area contributed by atoms with Crippen LogP contribution < -0.4 is 15.7 Å². The zero-order valence-corrected chi connectivity index (χ0v) is 20.0. The quantitative estimate of drug-likeness (QED) is 0.361. The number of aryl methyl sites for hydroxylation is 2. The molecule has 1 atom stereocenters. The van der Waals surface area contributed by atoms with Crippen molar-refractivity contribution in [2.24, 2.45) is 0 Å². The van der Waals surface area contributed by atoms with E-state index < -0.39 is 17.6 Å². The number of amides is 1. The van der Waals surface area contributed by atoms with Gasteiger partial charge in [0.25, 0.3) is 11.5 Å². The van der Waals surface area contributed by atoms with Gasteiger partial charge < -0.3 is 9.72 Å². The van der Waals surface area contributed by atoms with Crippen LogP contribution in [0.5, 0.6) is 5.75 Å². The van der Waals surface area contributed by atoms with E-state index in [2.05, 4.69) is 10.4 Å². The van der Waals surface area contributed by atoms with Gasteiger partial charge in [-0.15, -0.1) is 11.3 Å². The number of ether oxygens (including phenoxy) is 1. The number of aromatic amines is 1. The Hall–Kier alpha value is -2.94. The van der Waals surface area contributed by atoms with Crippen LogP contribution in [0.1, 0.15) is 17.4 Å². The molecule has 0 saturated carbocycles. The second-order valence-electron chi connectivity index (χ2n) is 7.34. The van der Waals surface area contributed by atoms with Gasteiger partial charge in [-0.05, 0) is 56.2 Å². The third-order valence-electron chi connectivity index (χ3n) is 4.97. The van der Waals surface area contributed by atoms with E-state index in [-0.39, 0.29) is 4.77 Å². The van der Waals surface area contributed by atoms with Crippen molar-refractivity contribution in [3.8, 4) is 16.9 Å². The summed E-state index contributed by atoms with van der Waals surface area (Å²) in [6, 6.07) is 14.9. The largest absolute Gasteiger partial charge is 0.479 e. The summed E-state index contributed by atoms with van der Waals surface area (Å²) in [7, 11) is 0. The van der Waals surface area contributed by atoms with Gasteiger partial charge in [0.2, 0.25) is 4.77 Å². The Labute approximate surface area is 198 Å². The minimum absolute atomic E-state index is 0.0949. The Morgan fingerprint density at radius 3 is 2.66 bits per heavy atom. The average molecular weight is 486 g/mol. The monoisotopic (exact) mass is 485 g/mol. The summed E-state index contributed by atoms with van der Waals surface area (Å²) in [5.41, 5.74) is 4.86. The highest BCUT2D eigenvalue weighted by Crippen LogP contribution is 2.35. The van der Waals surface area contributed by atoms with Crippen molar-refractivity contribution >= 4 is 51.3 Å². The van der Waals surface area contributed by atoms with Crippen LogP contribution in [0.2, 0.25) is 5.02 Å². The van der Waals surface area contributed by atoms with Crippen LogP contribution in [0.3, 0.4) is 0 Å². The van der Waals surface area contributed by atoms with E-state index >= 15 is 0 Å². The zero-order valence-electron chi connectivity index (χ0n) is 17.6. The Balaban J connectivity index is 1.70. The zero-order chi connectivity index (χ0) is 23.0. The molecule has 2 heterocycles. The highest BCUT2D eigenvalue weighted by molar-refractivity contribution is 7.71. The highest BCUT2D eigenvalue weighted by Gasteiger charge is 2.21. The maximum atomic E-state index is 13.4. The number of hydrogen-bond donors (Lipinski definition) is 2. The number of benzene rings is 2. The molecule has 0 radical (unpaired) electrons. The molecule has 9 heteroatoms. The van der Waals surface area contributed by atoms with Crippen LogP contribution in [0.25, 0.3) is 21.3 Å². The van der Waals surface area contributed by atoms with Crippen molar-refractivity contribution in [1.82, 2.24) is 9.66 Å². The fourth-order valence-corrected chi connectivity index (χ4v) is 4.92. The molecule has 0 aliphatic carbocycles. The third-order valence-corrected chi connectivity index (χ3v) is 6.59. The van der Waals surface area contributed by atoms with Crippen molar-refractivity contribution in [2.75, 3.05) is 5.43 Å². The molecule has 2 aromatic heterocycles. The first kappa shape index (κ1) is 22.3. The van der Waals surface area contributed by atoms with E-state index in [1.807, 2.05) is 50.2 Å². The average Bonchev–Trinajstić information content (AvgIpc) is 3.09. The molecule has 2 N–H and O–H groups in total. The second kappa shape index (κ2) is 8.90. The summed E-state index contributed by atoms with van der Waals surface area (Å²) in [5.74, 6) is -0.140.